The molecule has 0 saturated carbocycles. The van der Waals surface area contributed by atoms with Crippen molar-refractivity contribution in [3.8, 4) is 5.75 Å². The predicted molar refractivity (Wildman–Crippen MR) is 59.8 cm³/mol. The molecule has 4 nitrogen and oxygen atoms in total. The molecule has 0 unspecified atom stereocenters. The Hall–Kier alpha value is -1.88. The topological polar surface area (TPSA) is 59.4 Å². The van der Waals surface area contributed by atoms with Crippen LogP contribution in [-0.2, 0) is 6.61 Å². The van der Waals surface area contributed by atoms with Gasteiger partial charge in [0.15, 0.2) is 0 Å². The van der Waals surface area contributed by atoms with E-state index >= 15 is 0 Å². The Morgan fingerprint density at radius 3 is 2.88 bits per heavy atom. The van der Waals surface area contributed by atoms with Crippen LogP contribution in [0.15, 0.2) is 35.8 Å². The van der Waals surface area contributed by atoms with Gasteiger partial charge >= 0.3 is 5.97 Å². The van der Waals surface area contributed by atoms with E-state index in [4.69, 9.17) is 9.84 Å². The van der Waals surface area contributed by atoms with Crippen LogP contribution in [0.3, 0.4) is 0 Å². The van der Waals surface area contributed by atoms with Gasteiger partial charge in [0.05, 0.1) is 6.20 Å². The molecule has 2 aromatic rings. The number of nitrogens with zero attached hydrogens (tertiary/aromatic N) is 1. The second-order valence-electron chi connectivity index (χ2n) is 3.05. The Bertz CT molecular complexity index is 464. The Kier molecular flexibility index (Phi) is 3.16. The second kappa shape index (κ2) is 4.76. The third kappa shape index (κ3) is 2.58. The summed E-state index contributed by atoms with van der Waals surface area (Å²) in [6.45, 7) is 0.478. The van der Waals surface area contributed by atoms with Crippen molar-refractivity contribution in [2.45, 2.75) is 6.61 Å². The maximum Gasteiger partial charge on any atom is 0.354 e. The van der Waals surface area contributed by atoms with Gasteiger partial charge in [0.2, 0.25) is 0 Å². The molecule has 0 radical (unpaired) electrons. The molecule has 0 aliphatic heterocycles. The Morgan fingerprint density at radius 1 is 1.44 bits per heavy atom. The van der Waals surface area contributed by atoms with Crippen LogP contribution in [0.4, 0.5) is 0 Å². The van der Waals surface area contributed by atoms with Gasteiger partial charge in [-0.15, -0.1) is 11.3 Å². The van der Waals surface area contributed by atoms with Gasteiger partial charge in [0.1, 0.15) is 18.1 Å². The summed E-state index contributed by atoms with van der Waals surface area (Å²) in [5, 5.41) is 10.6. The van der Waals surface area contributed by atoms with Crippen LogP contribution in [-0.4, -0.2) is 16.1 Å². The number of carboxylic acids is 1. The molecule has 0 aromatic carbocycles. The lowest BCUT2D eigenvalue weighted by Gasteiger charge is -2.03. The predicted octanol–water partition coefficient (Wildman–Crippen LogP) is 2.42. The fourth-order valence-corrected chi connectivity index (χ4v) is 1.76. The number of hydrogen-bond acceptors (Lipinski definition) is 4. The third-order valence-electron chi connectivity index (χ3n) is 1.92. The summed E-state index contributed by atoms with van der Waals surface area (Å²) >= 11 is 1.61. The molecule has 82 valence electrons. The number of aromatic carboxylic acids is 1. The van der Waals surface area contributed by atoms with E-state index in [1.54, 1.807) is 17.4 Å². The van der Waals surface area contributed by atoms with E-state index < -0.39 is 5.97 Å². The lowest BCUT2D eigenvalue weighted by Crippen LogP contribution is -2.00. The molecule has 16 heavy (non-hydrogen) atoms. The van der Waals surface area contributed by atoms with Crippen molar-refractivity contribution in [1.82, 2.24) is 4.98 Å². The number of thiophene rings is 1. The first kappa shape index (κ1) is 10.6. The minimum atomic E-state index is -1.04. The first-order valence-corrected chi connectivity index (χ1v) is 5.48. The zero-order valence-electron chi connectivity index (χ0n) is 8.29. The average Bonchev–Trinajstić information content (AvgIpc) is 2.80. The van der Waals surface area contributed by atoms with E-state index in [2.05, 4.69) is 4.98 Å². The maximum absolute atomic E-state index is 10.6. The highest BCUT2D eigenvalue weighted by Crippen LogP contribution is 2.14. The van der Waals surface area contributed by atoms with Gasteiger partial charge in [0, 0.05) is 4.88 Å². The van der Waals surface area contributed by atoms with Crippen molar-refractivity contribution in [2.24, 2.45) is 0 Å². The molecule has 2 rings (SSSR count). The second-order valence-corrected chi connectivity index (χ2v) is 4.08. The van der Waals surface area contributed by atoms with Crippen molar-refractivity contribution >= 4 is 17.3 Å². The molecule has 1 N–H and O–H groups in total. The molecule has 0 fully saturated rings. The SMILES string of the molecule is O=C(O)c1ccc(OCc2cccs2)cn1. The van der Waals surface area contributed by atoms with E-state index in [9.17, 15) is 4.79 Å². The van der Waals surface area contributed by atoms with Crippen LogP contribution >= 0.6 is 11.3 Å². The lowest BCUT2D eigenvalue weighted by molar-refractivity contribution is 0.0690. The smallest absolute Gasteiger partial charge is 0.354 e. The molecular weight excluding hydrogens is 226 g/mol. The summed E-state index contributed by atoms with van der Waals surface area (Å²) in [5.41, 5.74) is 0.0171. The number of pyridine rings is 1. The number of carboxylic acid groups (broad SMARTS) is 1. The quantitative estimate of drug-likeness (QED) is 0.884. The van der Waals surface area contributed by atoms with Gasteiger partial charge < -0.3 is 9.84 Å². The molecule has 0 aliphatic rings. The molecular formula is C11H9NO3S. The first-order chi connectivity index (χ1) is 7.75. The summed E-state index contributed by atoms with van der Waals surface area (Å²) in [4.78, 5) is 15.4. The average molecular weight is 235 g/mol. The largest absolute Gasteiger partial charge is 0.486 e. The van der Waals surface area contributed by atoms with Crippen molar-refractivity contribution in [1.29, 1.82) is 0 Å². The lowest BCUT2D eigenvalue weighted by atomic mass is 10.3. The fourth-order valence-electron chi connectivity index (χ4n) is 1.14. The highest BCUT2D eigenvalue weighted by atomic mass is 32.1. The highest BCUT2D eigenvalue weighted by molar-refractivity contribution is 7.09. The van der Waals surface area contributed by atoms with Crippen LogP contribution < -0.4 is 4.74 Å². The molecule has 0 spiro atoms. The van der Waals surface area contributed by atoms with E-state index in [1.807, 2.05) is 17.5 Å². The summed E-state index contributed by atoms with van der Waals surface area (Å²) in [7, 11) is 0. The van der Waals surface area contributed by atoms with Crippen LogP contribution in [0.5, 0.6) is 5.75 Å². The van der Waals surface area contributed by atoms with Gasteiger partial charge in [-0.1, -0.05) is 6.07 Å². The van der Waals surface area contributed by atoms with Crippen LogP contribution in [0.25, 0.3) is 0 Å². The van der Waals surface area contributed by atoms with E-state index in [-0.39, 0.29) is 5.69 Å². The minimum absolute atomic E-state index is 0.0171. The van der Waals surface area contributed by atoms with Crippen LogP contribution in [0.2, 0.25) is 0 Å². The molecule has 0 saturated heterocycles. The molecule has 0 atom stereocenters. The van der Waals surface area contributed by atoms with Crippen molar-refractivity contribution in [3.05, 3.63) is 46.4 Å². The van der Waals surface area contributed by atoms with Crippen molar-refractivity contribution in [2.75, 3.05) is 0 Å². The van der Waals surface area contributed by atoms with Crippen LogP contribution in [0, 0.1) is 0 Å². The zero-order valence-corrected chi connectivity index (χ0v) is 9.11. The molecule has 0 amide bonds. The number of ether oxygens (including phenoxy) is 1. The molecule has 2 aromatic heterocycles. The Balaban J connectivity index is 1.98. The molecule has 2 heterocycles. The van der Waals surface area contributed by atoms with Gasteiger partial charge in [-0.05, 0) is 23.6 Å². The number of hydrogen-bond donors (Lipinski definition) is 1. The molecule has 0 bridgehead atoms. The third-order valence-corrected chi connectivity index (χ3v) is 2.77. The van der Waals surface area contributed by atoms with Crippen molar-refractivity contribution < 1.29 is 14.6 Å². The summed E-state index contributed by atoms with van der Waals surface area (Å²) in [5.74, 6) is -0.469. The normalized spacial score (nSPS) is 10.0. The summed E-state index contributed by atoms with van der Waals surface area (Å²) in [6, 6.07) is 6.95. The zero-order chi connectivity index (χ0) is 11.4. The molecule has 5 heteroatoms. The maximum atomic E-state index is 10.6. The van der Waals surface area contributed by atoms with Crippen LogP contribution in [0.1, 0.15) is 15.4 Å². The van der Waals surface area contributed by atoms with Gasteiger partial charge in [0.25, 0.3) is 0 Å². The molecule has 0 aliphatic carbocycles. The van der Waals surface area contributed by atoms with Gasteiger partial charge in [-0.3, -0.25) is 0 Å². The summed E-state index contributed by atoms with van der Waals surface area (Å²) < 4.78 is 5.44. The number of rotatable bonds is 4. The van der Waals surface area contributed by atoms with E-state index in [0.29, 0.717) is 12.4 Å². The monoisotopic (exact) mass is 235 g/mol. The van der Waals surface area contributed by atoms with Gasteiger partial charge in [-0.25, -0.2) is 9.78 Å². The highest BCUT2D eigenvalue weighted by Gasteiger charge is 2.04. The van der Waals surface area contributed by atoms with Crippen molar-refractivity contribution in [3.63, 3.8) is 0 Å². The summed E-state index contributed by atoms with van der Waals surface area (Å²) in [6.07, 6.45) is 1.41. The minimum Gasteiger partial charge on any atom is -0.486 e. The van der Waals surface area contributed by atoms with Gasteiger partial charge in [-0.2, -0.15) is 0 Å². The fraction of sp³-hybridized carbons (Fsp3) is 0.0909. The van der Waals surface area contributed by atoms with E-state index in [1.165, 1.54) is 12.3 Å². The number of carbonyl (C=O) groups is 1. The number of aromatic nitrogens is 1. The standard InChI is InChI=1S/C11H9NO3S/c13-11(14)10-4-3-8(6-12-10)15-7-9-2-1-5-16-9/h1-6H,7H2,(H,13,14). The Labute approximate surface area is 96.1 Å². The van der Waals surface area contributed by atoms with E-state index in [0.717, 1.165) is 4.88 Å². The first-order valence-electron chi connectivity index (χ1n) is 4.60. The Morgan fingerprint density at radius 2 is 2.31 bits per heavy atom.